The van der Waals surface area contributed by atoms with Crippen molar-refractivity contribution in [3.63, 3.8) is 0 Å². The fraction of sp³-hybridized carbons (Fsp3) is 0.188. The Morgan fingerprint density at radius 1 is 0.955 bits per heavy atom. The number of aromatic nitrogens is 3. The average molecular weight is 605 g/mol. The van der Waals surface area contributed by atoms with E-state index < -0.39 is 46.8 Å². The number of esters is 1. The van der Waals surface area contributed by atoms with Crippen LogP contribution in [0.5, 0.6) is 5.88 Å². The predicted octanol–water partition coefficient (Wildman–Crippen LogP) is 6.13. The first-order valence-corrected chi connectivity index (χ1v) is 13.3. The smallest absolute Gasteiger partial charge is 0.337 e. The molecule has 0 amide bonds. The Bertz CT molecular complexity index is 1920. The normalized spacial score (nSPS) is 11.0. The van der Waals surface area contributed by atoms with Crippen molar-refractivity contribution in [2.24, 2.45) is 0 Å². The Morgan fingerprint density at radius 3 is 2.50 bits per heavy atom. The number of hydrogen-bond acceptors (Lipinski definition) is 7. The second-order valence-electron chi connectivity index (χ2n) is 9.62. The number of hydrogen-bond donors (Lipinski definition) is 0. The third kappa shape index (κ3) is 6.09. The summed E-state index contributed by atoms with van der Waals surface area (Å²) in [4.78, 5) is 20.7. The predicted molar refractivity (Wildman–Crippen MR) is 151 cm³/mol. The molecule has 224 valence electrons. The van der Waals surface area contributed by atoms with Gasteiger partial charge in [0.2, 0.25) is 5.88 Å². The first kappa shape index (κ1) is 30.2. The number of methoxy groups -OCH3 is 2. The van der Waals surface area contributed by atoms with Crippen LogP contribution >= 0.6 is 0 Å². The minimum absolute atomic E-state index is 0.0336. The summed E-state index contributed by atoms with van der Waals surface area (Å²) in [6.07, 6.45) is -0.395. The van der Waals surface area contributed by atoms with Gasteiger partial charge in [0.15, 0.2) is 11.6 Å². The molecule has 5 rings (SSSR count). The largest absolute Gasteiger partial charge is 0.473 e. The van der Waals surface area contributed by atoms with E-state index in [1.807, 2.05) is 6.07 Å². The molecule has 0 saturated heterocycles. The van der Waals surface area contributed by atoms with Gasteiger partial charge in [0.05, 0.1) is 47.6 Å². The van der Waals surface area contributed by atoms with Gasteiger partial charge in [0.25, 0.3) is 0 Å². The van der Waals surface area contributed by atoms with Gasteiger partial charge in [-0.3, -0.25) is 0 Å². The molecular weight excluding hydrogens is 580 g/mol. The van der Waals surface area contributed by atoms with Gasteiger partial charge in [-0.2, -0.15) is 5.26 Å². The van der Waals surface area contributed by atoms with E-state index in [2.05, 4.69) is 9.97 Å². The average Bonchev–Trinajstić information content (AvgIpc) is 3.38. The van der Waals surface area contributed by atoms with Crippen LogP contribution in [0.3, 0.4) is 0 Å². The zero-order valence-corrected chi connectivity index (χ0v) is 23.5. The molecule has 0 saturated carbocycles. The lowest BCUT2D eigenvalue weighted by molar-refractivity contribution is 0.0601. The van der Waals surface area contributed by atoms with Gasteiger partial charge < -0.3 is 18.8 Å². The molecule has 3 aromatic carbocycles. The molecule has 0 atom stereocenters. The van der Waals surface area contributed by atoms with E-state index >= 15 is 13.2 Å². The standard InChI is InChI=1S/C32H24F4N4O4/c1-42-11-10-40-27-13-19(32(41)43-2)8-9-26(27)38-28(40)15-21-24(34)14-22(31(36)30(21)35)25-4-3-5-29(39-25)44-17-20-7-6-18(16-37)12-23(20)33/h3-9,12-14H,10-11,15,17H2,1-2H3. The molecule has 0 aliphatic carbocycles. The Kier molecular flexibility index (Phi) is 8.87. The SMILES string of the molecule is COCCn1c(Cc2c(F)cc(-c3cccc(OCc4ccc(C#N)cc4F)n3)c(F)c2F)nc2ccc(C(=O)OC)cc21. The van der Waals surface area contributed by atoms with Crippen LogP contribution in [0.2, 0.25) is 0 Å². The highest BCUT2D eigenvalue weighted by Gasteiger charge is 2.24. The number of nitriles is 1. The Hall–Kier alpha value is -5.28. The number of benzene rings is 3. The summed E-state index contributed by atoms with van der Waals surface area (Å²) in [5, 5.41) is 8.89. The lowest BCUT2D eigenvalue weighted by Gasteiger charge is -2.13. The van der Waals surface area contributed by atoms with Crippen molar-refractivity contribution >= 4 is 17.0 Å². The fourth-order valence-corrected chi connectivity index (χ4v) is 4.65. The molecule has 0 fully saturated rings. The lowest BCUT2D eigenvalue weighted by Crippen LogP contribution is -2.11. The zero-order valence-electron chi connectivity index (χ0n) is 23.5. The number of carbonyl (C=O) groups excluding carboxylic acids is 1. The highest BCUT2D eigenvalue weighted by molar-refractivity contribution is 5.93. The number of carbonyl (C=O) groups is 1. The van der Waals surface area contributed by atoms with Gasteiger partial charge in [-0.05, 0) is 42.5 Å². The van der Waals surface area contributed by atoms with Crippen LogP contribution in [-0.2, 0) is 29.0 Å². The van der Waals surface area contributed by atoms with E-state index in [4.69, 9.17) is 19.5 Å². The van der Waals surface area contributed by atoms with Crippen molar-refractivity contribution in [2.45, 2.75) is 19.6 Å². The van der Waals surface area contributed by atoms with Crippen molar-refractivity contribution in [1.82, 2.24) is 14.5 Å². The molecule has 5 aromatic rings. The number of nitrogens with zero attached hydrogens (tertiary/aromatic N) is 4. The molecule has 0 aliphatic heterocycles. The number of imidazole rings is 1. The fourth-order valence-electron chi connectivity index (χ4n) is 4.65. The molecular formula is C32H24F4N4O4. The minimum atomic E-state index is -1.41. The summed E-state index contributed by atoms with van der Waals surface area (Å²) in [5.41, 5.74) is 0.455. The number of ether oxygens (including phenoxy) is 3. The first-order chi connectivity index (χ1) is 21.2. The summed E-state index contributed by atoms with van der Waals surface area (Å²) in [7, 11) is 2.74. The Labute approximate surface area is 249 Å². The number of fused-ring (bicyclic) bond motifs is 1. The second kappa shape index (κ2) is 12.9. The van der Waals surface area contributed by atoms with Gasteiger partial charge >= 0.3 is 5.97 Å². The zero-order chi connectivity index (χ0) is 31.4. The van der Waals surface area contributed by atoms with Crippen LogP contribution in [0.25, 0.3) is 22.3 Å². The summed E-state index contributed by atoms with van der Waals surface area (Å²) < 4.78 is 77.7. The molecule has 2 aromatic heterocycles. The van der Waals surface area contributed by atoms with Crippen LogP contribution in [0.1, 0.15) is 32.9 Å². The van der Waals surface area contributed by atoms with E-state index in [0.717, 1.165) is 12.1 Å². The quantitative estimate of drug-likeness (QED) is 0.107. The topological polar surface area (TPSA) is 99.3 Å². The van der Waals surface area contributed by atoms with Gasteiger partial charge in [0.1, 0.15) is 24.1 Å². The van der Waals surface area contributed by atoms with Gasteiger partial charge in [-0.1, -0.05) is 12.1 Å². The van der Waals surface area contributed by atoms with Gasteiger partial charge in [-0.25, -0.2) is 32.3 Å². The van der Waals surface area contributed by atoms with Crippen molar-refractivity contribution in [3.05, 3.63) is 112 Å². The molecule has 44 heavy (non-hydrogen) atoms. The maximum atomic E-state index is 15.5. The van der Waals surface area contributed by atoms with Crippen molar-refractivity contribution in [1.29, 1.82) is 5.26 Å². The Morgan fingerprint density at radius 2 is 1.77 bits per heavy atom. The van der Waals surface area contributed by atoms with E-state index in [1.165, 1.54) is 50.6 Å². The lowest BCUT2D eigenvalue weighted by atomic mass is 10.0. The molecule has 0 aliphatic rings. The minimum Gasteiger partial charge on any atom is -0.473 e. The molecule has 2 heterocycles. The summed E-state index contributed by atoms with van der Waals surface area (Å²) in [5.74, 6) is -4.77. The van der Waals surface area contributed by atoms with Crippen LogP contribution in [0.15, 0.2) is 60.7 Å². The highest BCUT2D eigenvalue weighted by atomic mass is 19.2. The summed E-state index contributed by atoms with van der Waals surface area (Å²) in [6, 6.07) is 15.5. The molecule has 8 nitrogen and oxygen atoms in total. The van der Waals surface area contributed by atoms with Crippen LogP contribution < -0.4 is 4.74 Å². The van der Waals surface area contributed by atoms with E-state index in [9.17, 15) is 9.18 Å². The third-order valence-corrected chi connectivity index (χ3v) is 6.91. The van der Waals surface area contributed by atoms with Crippen LogP contribution in [0.4, 0.5) is 17.6 Å². The molecule has 0 spiro atoms. The summed E-state index contributed by atoms with van der Waals surface area (Å²) in [6.45, 7) is 0.240. The molecule has 0 N–H and O–H groups in total. The third-order valence-electron chi connectivity index (χ3n) is 6.91. The van der Waals surface area contributed by atoms with Crippen molar-refractivity contribution in [3.8, 4) is 23.2 Å². The maximum absolute atomic E-state index is 15.5. The van der Waals surface area contributed by atoms with Crippen LogP contribution in [-0.4, -0.2) is 41.3 Å². The van der Waals surface area contributed by atoms with Gasteiger partial charge in [0, 0.05) is 42.8 Å². The number of pyridine rings is 1. The number of rotatable bonds is 10. The molecule has 0 radical (unpaired) electrons. The van der Waals surface area contributed by atoms with Crippen molar-refractivity contribution in [2.75, 3.05) is 20.8 Å². The van der Waals surface area contributed by atoms with E-state index in [-0.39, 0.29) is 53.8 Å². The maximum Gasteiger partial charge on any atom is 0.337 e. The summed E-state index contributed by atoms with van der Waals surface area (Å²) >= 11 is 0. The molecule has 12 heteroatoms. The monoisotopic (exact) mass is 604 g/mol. The van der Waals surface area contributed by atoms with Crippen LogP contribution in [0, 0.1) is 34.6 Å². The highest BCUT2D eigenvalue weighted by Crippen LogP contribution is 2.31. The first-order valence-electron chi connectivity index (χ1n) is 13.3. The van der Waals surface area contributed by atoms with E-state index in [0.29, 0.717) is 11.0 Å². The number of halogens is 4. The van der Waals surface area contributed by atoms with E-state index in [1.54, 1.807) is 16.7 Å². The second-order valence-corrected chi connectivity index (χ2v) is 9.62. The molecule has 0 unspecified atom stereocenters. The van der Waals surface area contributed by atoms with Gasteiger partial charge in [-0.15, -0.1) is 0 Å². The van der Waals surface area contributed by atoms with Crippen molar-refractivity contribution < 1.29 is 36.6 Å². The Balaban J connectivity index is 1.44. The molecule has 0 bridgehead atoms.